The van der Waals surface area contributed by atoms with Crippen LogP contribution in [0.5, 0.6) is 0 Å². The first-order chi connectivity index (χ1) is 9.31. The van der Waals surface area contributed by atoms with Crippen LogP contribution in [-0.4, -0.2) is 34.7 Å². The number of rotatable bonds is 4. The molecule has 0 bridgehead atoms. The van der Waals surface area contributed by atoms with Crippen molar-refractivity contribution in [3.63, 3.8) is 0 Å². The molecule has 1 aromatic carbocycles. The van der Waals surface area contributed by atoms with Gasteiger partial charge in [-0.1, -0.05) is 47.6 Å². The van der Waals surface area contributed by atoms with Crippen molar-refractivity contribution in [1.29, 1.82) is 0 Å². The zero-order chi connectivity index (χ0) is 13.1. The van der Waals surface area contributed by atoms with Crippen molar-refractivity contribution in [2.24, 2.45) is 0 Å². The lowest BCUT2D eigenvalue weighted by molar-refractivity contribution is 0.140. The fraction of sp³-hybridized carbons (Fsp3) is 0.333. The Hall–Kier alpha value is -1.94. The molecule has 0 aliphatic carbocycles. The molecular weight excluding hydrogens is 238 g/mol. The van der Waals surface area contributed by atoms with Crippen LogP contribution in [0.3, 0.4) is 0 Å². The summed E-state index contributed by atoms with van der Waals surface area (Å²) in [7, 11) is 0. The summed E-state index contributed by atoms with van der Waals surface area (Å²) in [4.78, 5) is 6.64. The Labute approximate surface area is 112 Å². The van der Waals surface area contributed by atoms with E-state index in [1.807, 2.05) is 13.0 Å². The van der Waals surface area contributed by atoms with Crippen LogP contribution in [0.4, 0.5) is 0 Å². The molecule has 2 heterocycles. The Morgan fingerprint density at radius 1 is 1.32 bits per heavy atom. The van der Waals surface area contributed by atoms with Crippen molar-refractivity contribution in [2.75, 3.05) is 19.6 Å². The van der Waals surface area contributed by atoms with Crippen molar-refractivity contribution in [3.05, 3.63) is 53.7 Å². The molecule has 1 aliphatic heterocycles. The highest BCUT2D eigenvalue weighted by Crippen LogP contribution is 2.25. The lowest BCUT2D eigenvalue weighted by Gasteiger charge is -2.36. The molecule has 0 spiro atoms. The van der Waals surface area contributed by atoms with Gasteiger partial charge in [-0.2, -0.15) is 4.98 Å². The van der Waals surface area contributed by atoms with Gasteiger partial charge in [-0.25, -0.2) is 0 Å². The van der Waals surface area contributed by atoms with Crippen molar-refractivity contribution in [2.45, 2.75) is 12.8 Å². The Balaban J connectivity index is 1.46. The van der Waals surface area contributed by atoms with E-state index in [4.69, 9.17) is 4.52 Å². The van der Waals surface area contributed by atoms with Gasteiger partial charge < -0.3 is 4.52 Å². The Morgan fingerprint density at radius 3 is 2.79 bits per heavy atom. The molecule has 19 heavy (non-hydrogen) atoms. The van der Waals surface area contributed by atoms with Gasteiger partial charge >= 0.3 is 0 Å². The Morgan fingerprint density at radius 2 is 2.11 bits per heavy atom. The highest BCUT2D eigenvalue weighted by atomic mass is 16.5. The minimum atomic E-state index is 0.409. The van der Waals surface area contributed by atoms with Gasteiger partial charge in [0.15, 0.2) is 5.82 Å². The molecule has 1 aliphatic rings. The van der Waals surface area contributed by atoms with Crippen LogP contribution in [0, 0.1) is 6.92 Å². The van der Waals surface area contributed by atoms with Crippen molar-refractivity contribution in [1.82, 2.24) is 15.0 Å². The van der Waals surface area contributed by atoms with Gasteiger partial charge in [0.25, 0.3) is 0 Å². The second-order valence-electron chi connectivity index (χ2n) is 4.91. The zero-order valence-electron chi connectivity index (χ0n) is 11.0. The predicted octanol–water partition coefficient (Wildman–Crippen LogP) is 2.49. The average Bonchev–Trinajstić information content (AvgIpc) is 2.79. The maximum Gasteiger partial charge on any atom is 0.232 e. The summed E-state index contributed by atoms with van der Waals surface area (Å²) in [6.07, 6.45) is 4.36. The van der Waals surface area contributed by atoms with Crippen LogP contribution in [-0.2, 0) is 0 Å². The van der Waals surface area contributed by atoms with Crippen molar-refractivity contribution >= 4 is 6.08 Å². The average molecular weight is 255 g/mol. The van der Waals surface area contributed by atoms with Crippen LogP contribution >= 0.6 is 0 Å². The zero-order valence-corrected chi connectivity index (χ0v) is 11.0. The van der Waals surface area contributed by atoms with Gasteiger partial charge in [0.2, 0.25) is 5.89 Å². The first-order valence-electron chi connectivity index (χ1n) is 6.55. The molecule has 0 radical (unpaired) electrons. The molecule has 2 aromatic rings. The second-order valence-corrected chi connectivity index (χ2v) is 4.91. The highest BCUT2D eigenvalue weighted by Gasteiger charge is 2.31. The number of hydrogen-bond acceptors (Lipinski definition) is 4. The number of aromatic nitrogens is 2. The van der Waals surface area contributed by atoms with Crippen LogP contribution in [0.1, 0.15) is 23.2 Å². The van der Waals surface area contributed by atoms with E-state index in [0.29, 0.717) is 5.92 Å². The van der Waals surface area contributed by atoms with Gasteiger partial charge in [0.05, 0.1) is 5.92 Å². The van der Waals surface area contributed by atoms with E-state index >= 15 is 0 Å². The Bertz CT molecular complexity index is 556. The van der Waals surface area contributed by atoms with Gasteiger partial charge in [-0.3, -0.25) is 4.90 Å². The van der Waals surface area contributed by atoms with Gasteiger partial charge in [-0.15, -0.1) is 0 Å². The number of benzene rings is 1. The predicted molar refractivity (Wildman–Crippen MR) is 73.7 cm³/mol. The number of nitrogens with zero attached hydrogens (tertiary/aromatic N) is 3. The van der Waals surface area contributed by atoms with Gasteiger partial charge in [0, 0.05) is 19.6 Å². The second kappa shape index (κ2) is 5.36. The van der Waals surface area contributed by atoms with Crippen LogP contribution in [0.2, 0.25) is 0 Å². The van der Waals surface area contributed by atoms with Crippen LogP contribution < -0.4 is 0 Å². The molecule has 98 valence electrons. The third kappa shape index (κ3) is 2.90. The number of likely N-dealkylation sites (tertiary alicyclic amines) is 1. The monoisotopic (exact) mass is 255 g/mol. The van der Waals surface area contributed by atoms with Crippen LogP contribution in [0.15, 0.2) is 40.9 Å². The summed E-state index contributed by atoms with van der Waals surface area (Å²) < 4.78 is 5.18. The van der Waals surface area contributed by atoms with E-state index in [-0.39, 0.29) is 0 Å². The summed E-state index contributed by atoms with van der Waals surface area (Å²) in [5.74, 6) is 1.91. The molecular formula is C15H17N3O. The summed E-state index contributed by atoms with van der Waals surface area (Å²) in [5, 5.41) is 3.83. The summed E-state index contributed by atoms with van der Waals surface area (Å²) in [6, 6.07) is 10.4. The van der Waals surface area contributed by atoms with E-state index in [1.54, 1.807) is 0 Å². The van der Waals surface area contributed by atoms with E-state index in [1.165, 1.54) is 5.56 Å². The van der Waals surface area contributed by atoms with Gasteiger partial charge in [-0.05, 0) is 12.5 Å². The smallest absolute Gasteiger partial charge is 0.232 e. The molecule has 4 nitrogen and oxygen atoms in total. The Kier molecular flexibility index (Phi) is 3.42. The fourth-order valence-corrected chi connectivity index (χ4v) is 2.26. The molecule has 1 aromatic heterocycles. The van der Waals surface area contributed by atoms with Crippen molar-refractivity contribution < 1.29 is 4.52 Å². The summed E-state index contributed by atoms with van der Waals surface area (Å²) in [6.45, 7) is 4.83. The topological polar surface area (TPSA) is 42.2 Å². The quantitative estimate of drug-likeness (QED) is 0.841. The lowest BCUT2D eigenvalue weighted by Crippen LogP contribution is -2.44. The standard InChI is InChI=1S/C15H17N3O/c1-12-16-15(19-17-12)14-10-18(11-14)9-5-8-13-6-3-2-4-7-13/h2-8,14H,9-11H2,1H3/b8-5+. The third-order valence-electron chi connectivity index (χ3n) is 3.32. The third-order valence-corrected chi connectivity index (χ3v) is 3.32. The number of aryl methyl sites for hydroxylation is 1. The molecule has 4 heteroatoms. The maximum absolute atomic E-state index is 5.18. The van der Waals surface area contributed by atoms with Gasteiger partial charge in [0.1, 0.15) is 0 Å². The van der Waals surface area contributed by atoms with E-state index in [2.05, 4.69) is 51.5 Å². The molecule has 0 unspecified atom stereocenters. The van der Waals surface area contributed by atoms with E-state index in [9.17, 15) is 0 Å². The maximum atomic E-state index is 5.18. The first-order valence-corrected chi connectivity index (χ1v) is 6.55. The minimum absolute atomic E-state index is 0.409. The minimum Gasteiger partial charge on any atom is -0.339 e. The highest BCUT2D eigenvalue weighted by molar-refractivity contribution is 5.48. The first kappa shape index (κ1) is 12.1. The lowest BCUT2D eigenvalue weighted by atomic mass is 10.0. The largest absolute Gasteiger partial charge is 0.339 e. The van der Waals surface area contributed by atoms with E-state index in [0.717, 1.165) is 31.3 Å². The number of hydrogen-bond donors (Lipinski definition) is 0. The van der Waals surface area contributed by atoms with Crippen LogP contribution in [0.25, 0.3) is 6.08 Å². The molecule has 1 fully saturated rings. The molecule has 1 saturated heterocycles. The summed E-state index contributed by atoms with van der Waals surface area (Å²) in [5.41, 5.74) is 1.24. The SMILES string of the molecule is Cc1noc(C2CN(C/C=C/c3ccccc3)C2)n1. The fourth-order valence-electron chi connectivity index (χ4n) is 2.26. The molecule has 0 amide bonds. The van der Waals surface area contributed by atoms with Crippen molar-refractivity contribution in [3.8, 4) is 0 Å². The molecule has 3 rings (SSSR count). The van der Waals surface area contributed by atoms with E-state index < -0.39 is 0 Å². The molecule has 0 N–H and O–H groups in total. The summed E-state index contributed by atoms with van der Waals surface area (Å²) >= 11 is 0. The molecule has 0 atom stereocenters. The molecule has 0 saturated carbocycles. The normalized spacial score (nSPS) is 16.9.